The molecule has 0 aliphatic heterocycles. The summed E-state index contributed by atoms with van der Waals surface area (Å²) in [6.45, 7) is 7.44. The molecule has 1 aromatic carbocycles. The molecule has 0 unspecified atom stereocenters. The van der Waals surface area contributed by atoms with Gasteiger partial charge in [0.05, 0.1) is 0 Å². The maximum atomic E-state index is 10.4. The van der Waals surface area contributed by atoms with Crippen molar-refractivity contribution in [3.63, 3.8) is 0 Å². The molecule has 0 radical (unpaired) electrons. The van der Waals surface area contributed by atoms with Crippen LogP contribution in [0.15, 0.2) is 48.6 Å². The van der Waals surface area contributed by atoms with Gasteiger partial charge in [0, 0.05) is 5.57 Å². The summed E-state index contributed by atoms with van der Waals surface area (Å²) >= 11 is 0. The molecule has 0 heterocycles. The number of hydrogen-bond donors (Lipinski definition) is 1. The summed E-state index contributed by atoms with van der Waals surface area (Å²) in [5.41, 5.74) is 1.64. The van der Waals surface area contributed by atoms with Crippen LogP contribution >= 0.6 is 0 Å². The molecule has 1 N–H and O–H groups in total. The van der Waals surface area contributed by atoms with Crippen LogP contribution in [0.5, 0.6) is 0 Å². The van der Waals surface area contributed by atoms with Gasteiger partial charge < -0.3 is 5.11 Å². The van der Waals surface area contributed by atoms with Crippen molar-refractivity contribution in [2.45, 2.75) is 46.0 Å². The van der Waals surface area contributed by atoms with E-state index in [9.17, 15) is 4.79 Å². The van der Waals surface area contributed by atoms with E-state index in [2.05, 4.69) is 13.5 Å². The van der Waals surface area contributed by atoms with Crippen molar-refractivity contribution in [2.75, 3.05) is 0 Å². The van der Waals surface area contributed by atoms with Crippen LogP contribution in [0.4, 0.5) is 0 Å². The summed E-state index contributed by atoms with van der Waals surface area (Å²) in [7, 11) is 0. The van der Waals surface area contributed by atoms with Gasteiger partial charge in [-0.2, -0.15) is 0 Å². The van der Waals surface area contributed by atoms with E-state index in [4.69, 9.17) is 5.11 Å². The van der Waals surface area contributed by atoms with Crippen LogP contribution in [0, 0.1) is 0 Å². The fourth-order valence-corrected chi connectivity index (χ4v) is 1.57. The van der Waals surface area contributed by atoms with E-state index in [1.165, 1.54) is 24.8 Å². The molecule has 0 aliphatic rings. The van der Waals surface area contributed by atoms with E-state index >= 15 is 0 Å². The van der Waals surface area contributed by atoms with E-state index in [1.54, 1.807) is 13.0 Å². The molecule has 0 bridgehead atoms. The number of allylic oxidation sites excluding steroid dienone is 1. The van der Waals surface area contributed by atoms with E-state index in [1.807, 2.05) is 36.4 Å². The maximum Gasteiger partial charge on any atom is 0.330 e. The number of rotatable bonds is 7. The molecular formula is C18H26O2. The van der Waals surface area contributed by atoms with Gasteiger partial charge in [-0.25, -0.2) is 4.79 Å². The van der Waals surface area contributed by atoms with Gasteiger partial charge in [-0.1, -0.05) is 75.2 Å². The Bertz CT molecular complexity index is 405. The number of carboxylic acids is 1. The third-order valence-corrected chi connectivity index (χ3v) is 2.88. The zero-order valence-corrected chi connectivity index (χ0v) is 12.6. The van der Waals surface area contributed by atoms with E-state index < -0.39 is 5.97 Å². The molecule has 0 aromatic heterocycles. The summed E-state index contributed by atoms with van der Waals surface area (Å²) in [5, 5.41) is 8.52. The highest BCUT2D eigenvalue weighted by Crippen LogP contribution is 2.05. The van der Waals surface area contributed by atoms with Crippen molar-refractivity contribution in [1.29, 1.82) is 0 Å². The number of unbranched alkanes of at least 4 members (excludes halogenated alkanes) is 4. The molecule has 0 aliphatic carbocycles. The smallest absolute Gasteiger partial charge is 0.330 e. The molecule has 20 heavy (non-hydrogen) atoms. The monoisotopic (exact) mass is 274 g/mol. The van der Waals surface area contributed by atoms with Crippen LogP contribution in [0.3, 0.4) is 0 Å². The highest BCUT2D eigenvalue weighted by Gasteiger charge is 1.97. The second-order valence-electron chi connectivity index (χ2n) is 4.66. The van der Waals surface area contributed by atoms with Crippen LogP contribution in [0.25, 0.3) is 6.08 Å². The van der Waals surface area contributed by atoms with Crippen molar-refractivity contribution in [2.24, 2.45) is 0 Å². The lowest BCUT2D eigenvalue weighted by Crippen LogP contribution is -1.95. The highest BCUT2D eigenvalue weighted by molar-refractivity contribution is 5.85. The minimum absolute atomic E-state index is 0.464. The van der Waals surface area contributed by atoms with Crippen LogP contribution in [-0.2, 0) is 4.79 Å². The molecule has 0 atom stereocenters. The molecule has 0 saturated carbocycles. The van der Waals surface area contributed by atoms with Crippen LogP contribution in [0.2, 0.25) is 0 Å². The molecule has 0 fully saturated rings. The van der Waals surface area contributed by atoms with Gasteiger partial charge in [-0.05, 0) is 25.3 Å². The Hall–Kier alpha value is -1.83. The quantitative estimate of drug-likeness (QED) is 0.540. The predicted molar refractivity (Wildman–Crippen MR) is 86.7 cm³/mol. The Morgan fingerprint density at radius 1 is 1.20 bits per heavy atom. The molecule has 0 spiro atoms. The molecule has 110 valence electrons. The topological polar surface area (TPSA) is 37.3 Å². The van der Waals surface area contributed by atoms with Gasteiger partial charge in [-0.15, -0.1) is 0 Å². The normalized spacial score (nSPS) is 10.4. The summed E-state index contributed by atoms with van der Waals surface area (Å²) in [4.78, 5) is 10.4. The molecule has 1 aromatic rings. The second kappa shape index (κ2) is 12.2. The van der Waals surface area contributed by atoms with Gasteiger partial charge in [0.15, 0.2) is 0 Å². The Morgan fingerprint density at radius 2 is 1.85 bits per heavy atom. The lowest BCUT2D eigenvalue weighted by atomic mass is 10.1. The van der Waals surface area contributed by atoms with E-state index in [0.29, 0.717) is 5.57 Å². The predicted octanol–water partition coefficient (Wildman–Crippen LogP) is 5.32. The number of carboxylic acid groups (broad SMARTS) is 1. The molecular weight excluding hydrogens is 248 g/mol. The van der Waals surface area contributed by atoms with Crippen molar-refractivity contribution >= 4 is 12.0 Å². The number of carbonyl (C=O) groups is 1. The highest BCUT2D eigenvalue weighted by atomic mass is 16.4. The van der Waals surface area contributed by atoms with Crippen molar-refractivity contribution in [3.05, 3.63) is 54.1 Å². The standard InChI is InChI=1S/C10H18O2.C8H8/c1-3-4-5-6-7-8-9(2)10(11)12;1-2-8-6-4-3-5-7-8/h8H,3-7H2,1-2H3,(H,11,12);2-7H,1H2. The minimum Gasteiger partial charge on any atom is -0.478 e. The lowest BCUT2D eigenvalue weighted by Gasteiger charge is -1.95. The Balaban J connectivity index is 0.000000388. The fourth-order valence-electron chi connectivity index (χ4n) is 1.57. The minimum atomic E-state index is -0.800. The average Bonchev–Trinajstić information content (AvgIpc) is 2.48. The number of aliphatic carboxylic acids is 1. The zero-order valence-electron chi connectivity index (χ0n) is 12.6. The lowest BCUT2D eigenvalue weighted by molar-refractivity contribution is -0.132. The average molecular weight is 274 g/mol. The zero-order chi connectivity index (χ0) is 15.2. The largest absolute Gasteiger partial charge is 0.478 e. The maximum absolute atomic E-state index is 10.4. The van der Waals surface area contributed by atoms with Crippen molar-refractivity contribution in [3.8, 4) is 0 Å². The third-order valence-electron chi connectivity index (χ3n) is 2.88. The summed E-state index contributed by atoms with van der Waals surface area (Å²) < 4.78 is 0. The first-order chi connectivity index (χ1) is 9.61. The number of benzene rings is 1. The summed E-state index contributed by atoms with van der Waals surface area (Å²) in [6.07, 6.45) is 9.33. The van der Waals surface area contributed by atoms with E-state index in [0.717, 1.165) is 12.8 Å². The van der Waals surface area contributed by atoms with Crippen LogP contribution in [-0.4, -0.2) is 11.1 Å². The molecule has 2 heteroatoms. The molecule has 0 saturated heterocycles. The van der Waals surface area contributed by atoms with E-state index in [-0.39, 0.29) is 0 Å². The van der Waals surface area contributed by atoms with Gasteiger partial charge in [-0.3, -0.25) is 0 Å². The third kappa shape index (κ3) is 10.1. The molecule has 0 amide bonds. The molecule has 1 rings (SSSR count). The van der Waals surface area contributed by atoms with Crippen molar-refractivity contribution < 1.29 is 9.90 Å². The Labute approximate surface area is 122 Å². The van der Waals surface area contributed by atoms with Gasteiger partial charge >= 0.3 is 5.97 Å². The van der Waals surface area contributed by atoms with Crippen LogP contribution in [0.1, 0.15) is 51.5 Å². The first-order valence-electron chi connectivity index (χ1n) is 7.19. The Kier molecular flexibility index (Phi) is 11.1. The fraction of sp³-hybridized carbons (Fsp3) is 0.389. The first kappa shape index (κ1) is 18.2. The summed E-state index contributed by atoms with van der Waals surface area (Å²) in [6, 6.07) is 10.0. The second-order valence-corrected chi connectivity index (χ2v) is 4.66. The summed E-state index contributed by atoms with van der Waals surface area (Å²) in [5.74, 6) is -0.800. The molecule has 2 nitrogen and oxygen atoms in total. The first-order valence-corrected chi connectivity index (χ1v) is 7.19. The van der Waals surface area contributed by atoms with Gasteiger partial charge in [0.2, 0.25) is 0 Å². The Morgan fingerprint density at radius 3 is 2.30 bits per heavy atom. The SMILES string of the molecule is C=Cc1ccccc1.CCCCCCC=C(C)C(=O)O. The van der Waals surface area contributed by atoms with Gasteiger partial charge in [0.1, 0.15) is 0 Å². The van der Waals surface area contributed by atoms with Crippen molar-refractivity contribution in [1.82, 2.24) is 0 Å². The van der Waals surface area contributed by atoms with Gasteiger partial charge in [0.25, 0.3) is 0 Å². The number of hydrogen-bond acceptors (Lipinski definition) is 1. The van der Waals surface area contributed by atoms with Crippen LogP contribution < -0.4 is 0 Å².